The molecule has 24 heavy (non-hydrogen) atoms. The number of aliphatic carboxylic acids is 1. The normalized spacial score (nSPS) is 16.7. The summed E-state index contributed by atoms with van der Waals surface area (Å²) in [6.45, 7) is 1.41. The summed E-state index contributed by atoms with van der Waals surface area (Å²) in [4.78, 5) is 10.6. The molecule has 0 bridgehead atoms. The molecule has 1 heterocycles. The Morgan fingerprint density at radius 3 is 2.54 bits per heavy atom. The van der Waals surface area contributed by atoms with Gasteiger partial charge in [-0.25, -0.2) is 13.2 Å². The van der Waals surface area contributed by atoms with Gasteiger partial charge in [-0.15, -0.1) is 0 Å². The molecule has 0 aromatic heterocycles. The maximum absolute atomic E-state index is 13.0. The minimum absolute atomic E-state index is 0.147. The van der Waals surface area contributed by atoms with Crippen LogP contribution >= 0.6 is 0 Å². The lowest BCUT2D eigenvalue weighted by Gasteiger charge is -2.24. The smallest absolute Gasteiger partial charge is 0.341 e. The van der Waals surface area contributed by atoms with Gasteiger partial charge in [-0.3, -0.25) is 4.31 Å². The summed E-state index contributed by atoms with van der Waals surface area (Å²) in [5, 5.41) is 8.60. The lowest BCUT2D eigenvalue weighted by molar-refractivity contribution is -0.139. The van der Waals surface area contributed by atoms with Crippen molar-refractivity contribution in [1.29, 1.82) is 0 Å². The molecule has 0 saturated heterocycles. The fraction of sp³-hybridized carbons (Fsp3) is 0.235. The van der Waals surface area contributed by atoms with E-state index in [1.807, 2.05) is 25.1 Å². The quantitative estimate of drug-likeness (QED) is 0.897. The summed E-state index contributed by atoms with van der Waals surface area (Å²) in [7, 11) is -3.69. The van der Waals surface area contributed by atoms with Gasteiger partial charge in [0.05, 0.1) is 10.6 Å². The number of rotatable bonds is 5. The molecule has 0 radical (unpaired) electrons. The molecular formula is C17H17NO5S. The zero-order chi connectivity index (χ0) is 17.3. The van der Waals surface area contributed by atoms with E-state index in [1.165, 1.54) is 28.6 Å². The number of hydrogen-bond acceptors (Lipinski definition) is 4. The summed E-state index contributed by atoms with van der Waals surface area (Å²) in [6, 6.07) is 13.1. The summed E-state index contributed by atoms with van der Waals surface area (Å²) < 4.78 is 32.4. The molecule has 2 aromatic rings. The molecule has 1 aliphatic rings. The van der Waals surface area contributed by atoms with Crippen LogP contribution in [0.25, 0.3) is 0 Å². The Hall–Kier alpha value is -2.54. The first-order valence-electron chi connectivity index (χ1n) is 7.46. The van der Waals surface area contributed by atoms with Crippen LogP contribution < -0.4 is 9.04 Å². The highest BCUT2D eigenvalue weighted by atomic mass is 32.2. The van der Waals surface area contributed by atoms with Crippen LogP contribution in [0.4, 0.5) is 5.69 Å². The standard InChI is InChI=1S/C17H17NO5S/c1-12-10-13-4-2-3-5-16(13)18(12)24(21,22)15-8-6-14(7-9-15)23-11-17(19)20/h2-9,12H,10-11H2,1H3,(H,19,20). The number of nitrogens with zero attached hydrogens (tertiary/aromatic N) is 1. The minimum Gasteiger partial charge on any atom is -0.482 e. The number of para-hydroxylation sites is 1. The molecule has 2 aromatic carbocycles. The number of benzene rings is 2. The van der Waals surface area contributed by atoms with Gasteiger partial charge in [-0.2, -0.15) is 0 Å². The van der Waals surface area contributed by atoms with Gasteiger partial charge in [0.15, 0.2) is 6.61 Å². The molecule has 1 N–H and O–H groups in total. The van der Waals surface area contributed by atoms with E-state index in [0.717, 1.165) is 5.56 Å². The molecule has 1 aliphatic heterocycles. The zero-order valence-electron chi connectivity index (χ0n) is 13.0. The van der Waals surface area contributed by atoms with Gasteiger partial charge >= 0.3 is 5.97 Å². The average molecular weight is 347 g/mol. The number of fused-ring (bicyclic) bond motifs is 1. The number of carboxylic acid groups (broad SMARTS) is 1. The summed E-state index contributed by atoms with van der Waals surface area (Å²) >= 11 is 0. The number of sulfonamides is 1. The topological polar surface area (TPSA) is 83.9 Å². The average Bonchev–Trinajstić information content (AvgIpc) is 2.89. The third-order valence-electron chi connectivity index (χ3n) is 3.89. The van der Waals surface area contributed by atoms with Gasteiger partial charge in [0, 0.05) is 6.04 Å². The molecule has 0 saturated carbocycles. The highest BCUT2D eigenvalue weighted by molar-refractivity contribution is 7.92. The molecule has 1 unspecified atom stereocenters. The molecule has 1 atom stereocenters. The van der Waals surface area contributed by atoms with Gasteiger partial charge in [0.2, 0.25) is 0 Å². The zero-order valence-corrected chi connectivity index (χ0v) is 13.9. The second-order valence-electron chi connectivity index (χ2n) is 5.64. The van der Waals surface area contributed by atoms with E-state index < -0.39 is 22.6 Å². The Balaban J connectivity index is 1.90. The Bertz CT molecular complexity index is 861. The first-order chi connectivity index (χ1) is 11.4. The summed E-state index contributed by atoms with van der Waals surface area (Å²) in [5.41, 5.74) is 1.71. The van der Waals surface area contributed by atoms with Gasteiger partial charge in [-0.05, 0) is 49.2 Å². The molecule has 7 heteroatoms. The Morgan fingerprint density at radius 1 is 1.21 bits per heavy atom. The van der Waals surface area contributed by atoms with Crippen molar-refractivity contribution in [2.75, 3.05) is 10.9 Å². The van der Waals surface area contributed by atoms with Gasteiger partial charge in [-0.1, -0.05) is 18.2 Å². The first kappa shape index (κ1) is 16.3. The van der Waals surface area contributed by atoms with Crippen LogP contribution in [0.1, 0.15) is 12.5 Å². The van der Waals surface area contributed by atoms with Crippen molar-refractivity contribution in [3.8, 4) is 5.75 Å². The third-order valence-corrected chi connectivity index (χ3v) is 5.83. The number of ether oxygens (including phenoxy) is 1. The van der Waals surface area contributed by atoms with Crippen LogP contribution in [0.15, 0.2) is 53.4 Å². The van der Waals surface area contributed by atoms with Crippen molar-refractivity contribution in [1.82, 2.24) is 0 Å². The molecule has 0 aliphatic carbocycles. The van der Waals surface area contributed by atoms with Crippen molar-refractivity contribution in [2.24, 2.45) is 0 Å². The first-order valence-corrected chi connectivity index (χ1v) is 8.90. The van der Waals surface area contributed by atoms with Gasteiger partial charge in [0.25, 0.3) is 10.0 Å². The molecule has 126 valence electrons. The van der Waals surface area contributed by atoms with E-state index in [-0.39, 0.29) is 10.9 Å². The Kier molecular flexibility index (Phi) is 4.19. The van der Waals surface area contributed by atoms with E-state index >= 15 is 0 Å². The van der Waals surface area contributed by atoms with Crippen LogP contribution in [-0.2, 0) is 21.2 Å². The molecular weight excluding hydrogens is 330 g/mol. The highest BCUT2D eigenvalue weighted by Crippen LogP contribution is 2.36. The van der Waals surface area contributed by atoms with Crippen LogP contribution in [-0.4, -0.2) is 32.1 Å². The van der Waals surface area contributed by atoms with Crippen LogP contribution in [0.5, 0.6) is 5.75 Å². The highest BCUT2D eigenvalue weighted by Gasteiger charge is 2.35. The van der Waals surface area contributed by atoms with Crippen molar-refractivity contribution < 1.29 is 23.1 Å². The van der Waals surface area contributed by atoms with Crippen LogP contribution in [0, 0.1) is 0 Å². The van der Waals surface area contributed by atoms with E-state index in [1.54, 1.807) is 6.07 Å². The van der Waals surface area contributed by atoms with Crippen molar-refractivity contribution in [3.63, 3.8) is 0 Å². The van der Waals surface area contributed by atoms with Gasteiger partial charge < -0.3 is 9.84 Å². The molecule has 6 nitrogen and oxygen atoms in total. The van der Waals surface area contributed by atoms with E-state index in [0.29, 0.717) is 17.9 Å². The number of carboxylic acids is 1. The summed E-state index contributed by atoms with van der Waals surface area (Å²) in [5.74, 6) is -0.777. The maximum atomic E-state index is 13.0. The maximum Gasteiger partial charge on any atom is 0.341 e. The second-order valence-corrected chi connectivity index (χ2v) is 7.45. The SMILES string of the molecule is CC1Cc2ccccc2N1S(=O)(=O)c1ccc(OCC(=O)O)cc1. The predicted molar refractivity (Wildman–Crippen MR) is 88.8 cm³/mol. The van der Waals surface area contributed by atoms with Gasteiger partial charge in [0.1, 0.15) is 5.75 Å². The van der Waals surface area contributed by atoms with Crippen molar-refractivity contribution >= 4 is 21.7 Å². The summed E-state index contributed by atoms with van der Waals surface area (Å²) in [6.07, 6.45) is 0.676. The molecule has 0 amide bonds. The fourth-order valence-corrected chi connectivity index (χ4v) is 4.56. The lowest BCUT2D eigenvalue weighted by Crippen LogP contribution is -2.35. The number of carbonyl (C=O) groups is 1. The number of anilines is 1. The van der Waals surface area contributed by atoms with Crippen LogP contribution in [0.2, 0.25) is 0 Å². The van der Waals surface area contributed by atoms with Crippen molar-refractivity contribution in [3.05, 3.63) is 54.1 Å². The monoisotopic (exact) mass is 347 g/mol. The largest absolute Gasteiger partial charge is 0.482 e. The molecule has 0 fully saturated rings. The number of hydrogen-bond donors (Lipinski definition) is 1. The Morgan fingerprint density at radius 2 is 1.88 bits per heavy atom. The van der Waals surface area contributed by atoms with E-state index in [2.05, 4.69) is 0 Å². The minimum atomic E-state index is -3.69. The van der Waals surface area contributed by atoms with E-state index in [9.17, 15) is 13.2 Å². The molecule has 3 rings (SSSR count). The lowest BCUT2D eigenvalue weighted by atomic mass is 10.1. The Labute approximate surface area is 140 Å². The second kappa shape index (κ2) is 6.16. The van der Waals surface area contributed by atoms with E-state index in [4.69, 9.17) is 9.84 Å². The van der Waals surface area contributed by atoms with Crippen LogP contribution in [0.3, 0.4) is 0 Å². The fourth-order valence-electron chi connectivity index (χ4n) is 2.87. The predicted octanol–water partition coefficient (Wildman–Crippen LogP) is 2.29. The molecule has 0 spiro atoms. The third kappa shape index (κ3) is 2.94. The van der Waals surface area contributed by atoms with Crippen molar-refractivity contribution in [2.45, 2.75) is 24.3 Å².